The molecule has 0 unspecified atom stereocenters. The van der Waals surface area contributed by atoms with Gasteiger partial charge in [-0.1, -0.05) is 12.1 Å². The summed E-state index contributed by atoms with van der Waals surface area (Å²) >= 11 is 0. The number of aryl methyl sites for hydroxylation is 2. The first kappa shape index (κ1) is 14.5. The molecule has 2 aromatic heterocycles. The monoisotopic (exact) mass is 297 g/mol. The first-order valence-electron chi connectivity index (χ1n) is 7.37. The number of hydrogen-bond acceptors (Lipinski definition) is 4. The van der Waals surface area contributed by atoms with Crippen molar-refractivity contribution in [2.45, 2.75) is 20.3 Å². The lowest BCUT2D eigenvalue weighted by Crippen LogP contribution is -2.02. The van der Waals surface area contributed by atoms with Gasteiger partial charge in [0.25, 0.3) is 0 Å². The second kappa shape index (κ2) is 6.15. The molecule has 2 heterocycles. The molecular weight excluding hydrogens is 278 g/mol. The zero-order valence-electron chi connectivity index (χ0n) is 12.8. The molecule has 0 amide bonds. The van der Waals surface area contributed by atoms with E-state index in [0.29, 0.717) is 13.0 Å². The van der Waals surface area contributed by atoms with Gasteiger partial charge in [0, 0.05) is 18.6 Å². The van der Waals surface area contributed by atoms with Crippen molar-refractivity contribution in [2.24, 2.45) is 0 Å². The smallest absolute Gasteiger partial charge is 0.154 e. The molecule has 3 aromatic rings. The summed E-state index contributed by atoms with van der Waals surface area (Å²) in [6.07, 6.45) is 0.612. The fourth-order valence-corrected chi connectivity index (χ4v) is 2.35. The minimum Gasteiger partial charge on any atom is -0.493 e. The molecule has 0 radical (unpaired) electrons. The van der Waals surface area contributed by atoms with Crippen molar-refractivity contribution >= 4 is 5.65 Å². The van der Waals surface area contributed by atoms with Crippen LogP contribution in [0.5, 0.6) is 5.75 Å². The van der Waals surface area contributed by atoms with E-state index in [1.54, 1.807) is 0 Å². The molecular formula is C17H19N3O2. The first-order chi connectivity index (χ1) is 10.7. The number of hydrogen-bond donors (Lipinski definition) is 1. The third-order valence-corrected chi connectivity index (χ3v) is 3.66. The highest BCUT2D eigenvalue weighted by molar-refractivity contribution is 5.67. The van der Waals surface area contributed by atoms with Gasteiger partial charge in [-0.05, 0) is 38.1 Å². The van der Waals surface area contributed by atoms with Crippen LogP contribution in [0.15, 0.2) is 36.4 Å². The predicted octanol–water partition coefficient (Wildman–Crippen LogP) is 2.77. The Labute approximate surface area is 129 Å². The van der Waals surface area contributed by atoms with Crippen LogP contribution in [0.2, 0.25) is 0 Å². The van der Waals surface area contributed by atoms with Gasteiger partial charge in [-0.2, -0.15) is 5.10 Å². The summed E-state index contributed by atoms with van der Waals surface area (Å²) < 4.78 is 7.61. The van der Waals surface area contributed by atoms with E-state index in [-0.39, 0.29) is 6.61 Å². The van der Waals surface area contributed by atoms with E-state index >= 15 is 0 Å². The molecule has 0 saturated heterocycles. The van der Waals surface area contributed by atoms with Crippen LogP contribution >= 0.6 is 0 Å². The Hall–Kier alpha value is -2.40. The number of aromatic nitrogens is 3. The van der Waals surface area contributed by atoms with Gasteiger partial charge >= 0.3 is 0 Å². The number of imidazole rings is 1. The topological polar surface area (TPSA) is 59.7 Å². The minimum atomic E-state index is 0.125. The molecule has 0 aliphatic heterocycles. The molecule has 114 valence electrons. The van der Waals surface area contributed by atoms with Crippen LogP contribution in [-0.2, 0) is 0 Å². The van der Waals surface area contributed by atoms with Crippen LogP contribution in [0, 0.1) is 13.8 Å². The van der Waals surface area contributed by atoms with Crippen LogP contribution in [-0.4, -0.2) is 32.9 Å². The second-order valence-corrected chi connectivity index (χ2v) is 5.19. The van der Waals surface area contributed by atoms with Crippen molar-refractivity contribution in [3.8, 4) is 17.0 Å². The number of aliphatic hydroxyl groups excluding tert-OH is 1. The van der Waals surface area contributed by atoms with Gasteiger partial charge in [-0.25, -0.2) is 9.50 Å². The molecule has 1 N–H and O–H groups in total. The van der Waals surface area contributed by atoms with Gasteiger partial charge in [0.2, 0.25) is 0 Å². The van der Waals surface area contributed by atoms with Crippen molar-refractivity contribution in [3.05, 3.63) is 47.8 Å². The molecule has 0 spiro atoms. The Morgan fingerprint density at radius 1 is 1.14 bits per heavy atom. The maximum absolute atomic E-state index is 8.88. The number of nitrogens with zero attached hydrogens (tertiary/aromatic N) is 3. The first-order valence-corrected chi connectivity index (χ1v) is 7.37. The number of aliphatic hydroxyl groups is 1. The zero-order valence-corrected chi connectivity index (χ0v) is 12.8. The summed E-state index contributed by atoms with van der Waals surface area (Å²) in [6, 6.07) is 11.7. The van der Waals surface area contributed by atoms with Gasteiger partial charge in [0.05, 0.1) is 23.7 Å². The van der Waals surface area contributed by atoms with E-state index in [1.165, 1.54) is 0 Å². The maximum Gasteiger partial charge on any atom is 0.154 e. The van der Waals surface area contributed by atoms with Crippen molar-refractivity contribution in [2.75, 3.05) is 13.2 Å². The van der Waals surface area contributed by atoms with E-state index in [9.17, 15) is 0 Å². The van der Waals surface area contributed by atoms with Crippen LogP contribution in [0.1, 0.15) is 17.8 Å². The summed E-state index contributed by atoms with van der Waals surface area (Å²) in [4.78, 5) is 4.47. The van der Waals surface area contributed by atoms with E-state index in [1.807, 2.05) is 54.8 Å². The van der Waals surface area contributed by atoms with Crippen molar-refractivity contribution < 1.29 is 9.84 Å². The second-order valence-electron chi connectivity index (χ2n) is 5.19. The molecule has 3 rings (SSSR count). The molecule has 0 aliphatic rings. The fraction of sp³-hybridized carbons (Fsp3) is 0.294. The van der Waals surface area contributed by atoms with Crippen molar-refractivity contribution in [3.63, 3.8) is 0 Å². The Kier molecular flexibility index (Phi) is 4.06. The van der Waals surface area contributed by atoms with Gasteiger partial charge in [0.15, 0.2) is 5.65 Å². The lowest BCUT2D eigenvalue weighted by atomic mass is 10.1. The Morgan fingerprint density at radius 3 is 2.77 bits per heavy atom. The van der Waals surface area contributed by atoms with Crippen molar-refractivity contribution in [1.29, 1.82) is 0 Å². The Bertz CT molecular complexity index is 796. The predicted molar refractivity (Wildman–Crippen MR) is 85.1 cm³/mol. The third kappa shape index (κ3) is 2.67. The molecule has 0 saturated carbocycles. The number of fused-ring (bicyclic) bond motifs is 1. The average molecular weight is 297 g/mol. The quantitative estimate of drug-likeness (QED) is 0.736. The number of para-hydroxylation sites is 1. The Balaban J connectivity index is 2.01. The zero-order chi connectivity index (χ0) is 15.5. The molecule has 0 aliphatic carbocycles. The fourth-order valence-electron chi connectivity index (χ4n) is 2.35. The summed E-state index contributed by atoms with van der Waals surface area (Å²) in [6.45, 7) is 4.60. The molecule has 5 heteroatoms. The standard InChI is InChI=1S/C17H19N3O2/c1-12-13(2)20-17(18-12)9-8-15(19-20)14-6-3-4-7-16(14)22-11-5-10-21/h3-4,6-9,21H,5,10-11H2,1-2H3. The lowest BCUT2D eigenvalue weighted by Gasteiger charge is -2.11. The summed E-state index contributed by atoms with van der Waals surface area (Å²) in [7, 11) is 0. The van der Waals surface area contributed by atoms with Gasteiger partial charge in [0.1, 0.15) is 5.75 Å². The summed E-state index contributed by atoms with van der Waals surface area (Å²) in [5.74, 6) is 0.775. The van der Waals surface area contributed by atoms with Gasteiger partial charge in [-0.15, -0.1) is 0 Å². The molecule has 0 fully saturated rings. The maximum atomic E-state index is 8.88. The normalized spacial score (nSPS) is 11.0. The van der Waals surface area contributed by atoms with Gasteiger partial charge in [-0.3, -0.25) is 0 Å². The molecule has 1 aromatic carbocycles. The molecule has 5 nitrogen and oxygen atoms in total. The molecule has 0 bridgehead atoms. The molecule has 0 atom stereocenters. The van der Waals surface area contributed by atoms with E-state index in [4.69, 9.17) is 9.84 Å². The third-order valence-electron chi connectivity index (χ3n) is 3.66. The SMILES string of the molecule is Cc1nc2ccc(-c3ccccc3OCCCO)nn2c1C. The number of benzene rings is 1. The van der Waals surface area contributed by atoms with Gasteiger partial charge < -0.3 is 9.84 Å². The largest absolute Gasteiger partial charge is 0.493 e. The van der Waals surface area contributed by atoms with E-state index in [2.05, 4.69) is 10.1 Å². The number of rotatable bonds is 5. The van der Waals surface area contributed by atoms with E-state index < -0.39 is 0 Å². The highest BCUT2D eigenvalue weighted by Crippen LogP contribution is 2.28. The van der Waals surface area contributed by atoms with Crippen LogP contribution in [0.3, 0.4) is 0 Å². The summed E-state index contributed by atoms with van der Waals surface area (Å²) in [5, 5.41) is 13.6. The van der Waals surface area contributed by atoms with Crippen LogP contribution in [0.4, 0.5) is 0 Å². The minimum absolute atomic E-state index is 0.125. The Morgan fingerprint density at radius 2 is 1.95 bits per heavy atom. The highest BCUT2D eigenvalue weighted by atomic mass is 16.5. The van der Waals surface area contributed by atoms with Crippen LogP contribution < -0.4 is 4.74 Å². The van der Waals surface area contributed by atoms with Crippen LogP contribution in [0.25, 0.3) is 16.9 Å². The number of ether oxygens (including phenoxy) is 1. The summed E-state index contributed by atoms with van der Waals surface area (Å²) in [5.41, 5.74) is 4.64. The van der Waals surface area contributed by atoms with Crippen molar-refractivity contribution in [1.82, 2.24) is 14.6 Å². The average Bonchev–Trinajstić information content (AvgIpc) is 2.83. The lowest BCUT2D eigenvalue weighted by molar-refractivity contribution is 0.234. The molecule has 22 heavy (non-hydrogen) atoms. The highest BCUT2D eigenvalue weighted by Gasteiger charge is 2.11. The van der Waals surface area contributed by atoms with E-state index in [0.717, 1.165) is 34.0 Å².